The van der Waals surface area contributed by atoms with E-state index in [1.165, 1.54) is 0 Å². The van der Waals surface area contributed by atoms with Crippen molar-refractivity contribution in [2.75, 3.05) is 20.1 Å². The highest BCUT2D eigenvalue weighted by Gasteiger charge is 2.20. The first-order chi connectivity index (χ1) is 10.6. The molecule has 0 saturated heterocycles. The van der Waals surface area contributed by atoms with E-state index in [9.17, 15) is 9.59 Å². The van der Waals surface area contributed by atoms with E-state index in [0.29, 0.717) is 5.02 Å². The van der Waals surface area contributed by atoms with Gasteiger partial charge in [-0.05, 0) is 39.3 Å². The van der Waals surface area contributed by atoms with Gasteiger partial charge in [0.25, 0.3) is 11.8 Å². The zero-order chi connectivity index (χ0) is 17.6. The number of hydrogen-bond acceptors (Lipinski definition) is 2. The molecule has 0 aliphatic carbocycles. The van der Waals surface area contributed by atoms with Gasteiger partial charge >= 0.3 is 0 Å². The second kappa shape index (κ2) is 8.31. The molecule has 3 N–H and O–H groups in total. The monoisotopic (exact) mass is 340 g/mol. The van der Waals surface area contributed by atoms with Crippen LogP contribution >= 0.6 is 11.6 Å². The topological polar surface area (TPSA) is 62.6 Å². The second-order valence-electron chi connectivity index (χ2n) is 6.92. The van der Waals surface area contributed by atoms with Crippen molar-refractivity contribution in [3.63, 3.8) is 0 Å². The normalized spacial score (nSPS) is 14.0. The maximum absolute atomic E-state index is 12.1. The smallest absolute Gasteiger partial charge is 0.275 e. The van der Waals surface area contributed by atoms with Crippen LogP contribution in [-0.4, -0.2) is 37.5 Å². The van der Waals surface area contributed by atoms with Crippen LogP contribution in [0.4, 0.5) is 0 Å². The Bertz CT molecular complexity index is 555. The lowest BCUT2D eigenvalue weighted by molar-refractivity contribution is -0.862. The number of hydrogen-bond donors (Lipinski definition) is 3. The van der Waals surface area contributed by atoms with Crippen LogP contribution < -0.4 is 15.5 Å². The van der Waals surface area contributed by atoms with Crippen molar-refractivity contribution in [3.8, 4) is 0 Å². The summed E-state index contributed by atoms with van der Waals surface area (Å²) in [5, 5.41) is 6.43. The van der Waals surface area contributed by atoms with Crippen LogP contribution in [0.2, 0.25) is 5.02 Å². The fourth-order valence-electron chi connectivity index (χ4n) is 2.27. The first-order valence-electron chi connectivity index (χ1n) is 7.74. The Kier molecular flexibility index (Phi) is 7.03. The molecule has 2 amide bonds. The molecule has 1 rings (SSSR count). The number of quaternary nitrogens is 1. The highest BCUT2D eigenvalue weighted by Crippen LogP contribution is 2.21. The van der Waals surface area contributed by atoms with Gasteiger partial charge in [0.15, 0.2) is 13.1 Å². The summed E-state index contributed by atoms with van der Waals surface area (Å²) in [6.45, 7) is 8.16. The predicted octanol–water partition coefficient (Wildman–Crippen LogP) is 0.947. The van der Waals surface area contributed by atoms with Crippen LogP contribution in [0.3, 0.4) is 0 Å². The van der Waals surface area contributed by atoms with E-state index in [0.717, 1.165) is 10.5 Å². The Morgan fingerprint density at radius 2 is 1.74 bits per heavy atom. The number of benzene rings is 1. The molecule has 0 heterocycles. The fourth-order valence-corrected chi connectivity index (χ4v) is 2.57. The molecule has 5 nitrogen and oxygen atoms in total. The summed E-state index contributed by atoms with van der Waals surface area (Å²) < 4.78 is 0. The predicted molar refractivity (Wildman–Crippen MR) is 92.5 cm³/mol. The number of rotatable bonds is 6. The average Bonchev–Trinajstić information content (AvgIpc) is 2.35. The molecular weight excluding hydrogens is 314 g/mol. The van der Waals surface area contributed by atoms with Gasteiger partial charge in [-0.25, -0.2) is 0 Å². The average molecular weight is 341 g/mol. The van der Waals surface area contributed by atoms with Gasteiger partial charge < -0.3 is 15.5 Å². The van der Waals surface area contributed by atoms with Crippen LogP contribution in [-0.2, 0) is 9.59 Å². The van der Waals surface area contributed by atoms with Crippen molar-refractivity contribution in [1.29, 1.82) is 0 Å². The molecule has 1 unspecified atom stereocenters. The van der Waals surface area contributed by atoms with Gasteiger partial charge in [-0.2, -0.15) is 0 Å². The maximum atomic E-state index is 12.1. The molecule has 0 fully saturated rings. The molecule has 0 aromatic heterocycles. The van der Waals surface area contributed by atoms with Crippen LogP contribution in [0.15, 0.2) is 24.3 Å². The third-order valence-corrected chi connectivity index (χ3v) is 3.53. The van der Waals surface area contributed by atoms with Gasteiger partial charge in [-0.3, -0.25) is 9.59 Å². The van der Waals surface area contributed by atoms with Crippen molar-refractivity contribution >= 4 is 23.4 Å². The van der Waals surface area contributed by atoms with Crippen molar-refractivity contribution in [2.24, 2.45) is 0 Å². The van der Waals surface area contributed by atoms with Crippen LogP contribution in [0.25, 0.3) is 0 Å². The summed E-state index contributed by atoms with van der Waals surface area (Å²) in [4.78, 5) is 24.8. The van der Waals surface area contributed by atoms with Gasteiger partial charge in [-0.1, -0.05) is 29.8 Å². The Hall–Kier alpha value is -1.59. The quantitative estimate of drug-likeness (QED) is 0.722. The van der Waals surface area contributed by atoms with E-state index in [1.54, 1.807) is 6.07 Å². The number of halogens is 1. The fraction of sp³-hybridized carbons (Fsp3) is 0.529. The first-order valence-corrected chi connectivity index (χ1v) is 8.12. The minimum atomic E-state index is -0.266. The highest BCUT2D eigenvalue weighted by atomic mass is 35.5. The molecule has 0 radical (unpaired) electrons. The summed E-state index contributed by atoms with van der Waals surface area (Å²) >= 11 is 6.13. The third-order valence-electron chi connectivity index (χ3n) is 3.19. The first kappa shape index (κ1) is 19.5. The number of nitrogens with one attached hydrogen (secondary N) is 3. The standard InChI is InChI=1S/C17H26ClN3O2/c1-12(13-8-6-7-9-14(13)18)19-15(22)10-21(5)11-16(23)20-17(2,3)4/h6-9,12H,10-11H2,1-5H3,(H,19,22)(H,20,23)/p+1/t12-/m1/s1. The van der Waals surface area contributed by atoms with E-state index < -0.39 is 0 Å². The van der Waals surface area contributed by atoms with Gasteiger partial charge in [0, 0.05) is 10.6 Å². The lowest BCUT2D eigenvalue weighted by Gasteiger charge is -2.22. The largest absolute Gasteiger partial charge is 0.347 e. The van der Waals surface area contributed by atoms with Gasteiger partial charge in [0.05, 0.1) is 13.1 Å². The molecule has 128 valence electrons. The minimum Gasteiger partial charge on any atom is -0.347 e. The molecule has 6 heteroatoms. The van der Waals surface area contributed by atoms with Crippen LogP contribution in [0.1, 0.15) is 39.3 Å². The van der Waals surface area contributed by atoms with E-state index in [1.807, 2.05) is 52.9 Å². The summed E-state index contributed by atoms with van der Waals surface area (Å²) in [5.41, 5.74) is 0.615. The Labute approximate surface area is 143 Å². The Morgan fingerprint density at radius 3 is 2.30 bits per heavy atom. The van der Waals surface area contributed by atoms with Gasteiger partial charge in [0.2, 0.25) is 0 Å². The van der Waals surface area contributed by atoms with Gasteiger partial charge in [0.1, 0.15) is 0 Å². The summed E-state index contributed by atoms with van der Waals surface area (Å²) in [6.07, 6.45) is 0. The van der Waals surface area contributed by atoms with Crippen LogP contribution in [0, 0.1) is 0 Å². The molecule has 1 aromatic rings. The number of likely N-dealkylation sites (N-methyl/N-ethyl adjacent to an activating group) is 1. The number of amides is 2. The molecule has 0 spiro atoms. The Morgan fingerprint density at radius 1 is 1.17 bits per heavy atom. The van der Waals surface area contributed by atoms with Crippen molar-refractivity contribution in [2.45, 2.75) is 39.3 Å². The molecule has 0 aliphatic heterocycles. The van der Waals surface area contributed by atoms with Crippen molar-refractivity contribution < 1.29 is 14.5 Å². The van der Waals surface area contributed by atoms with Crippen molar-refractivity contribution in [1.82, 2.24) is 10.6 Å². The van der Waals surface area contributed by atoms with E-state index >= 15 is 0 Å². The summed E-state index contributed by atoms with van der Waals surface area (Å²) in [5.74, 6) is -0.180. The van der Waals surface area contributed by atoms with Gasteiger partial charge in [-0.15, -0.1) is 0 Å². The molecular formula is C17H27ClN3O2+. The molecule has 0 saturated carbocycles. The number of carbonyl (C=O) groups excluding carboxylic acids is 2. The van der Waals surface area contributed by atoms with E-state index in [2.05, 4.69) is 10.6 Å². The zero-order valence-corrected chi connectivity index (χ0v) is 15.3. The zero-order valence-electron chi connectivity index (χ0n) is 14.5. The summed E-state index contributed by atoms with van der Waals surface area (Å²) in [7, 11) is 1.82. The Balaban J connectivity index is 2.47. The SMILES string of the molecule is C[C@@H](NC(=O)C[NH+](C)CC(=O)NC(C)(C)C)c1ccccc1Cl. The lowest BCUT2D eigenvalue weighted by Crippen LogP contribution is -3.11. The highest BCUT2D eigenvalue weighted by molar-refractivity contribution is 6.31. The second-order valence-corrected chi connectivity index (χ2v) is 7.33. The van der Waals surface area contributed by atoms with E-state index in [-0.39, 0.29) is 36.5 Å². The molecule has 23 heavy (non-hydrogen) atoms. The third kappa shape index (κ3) is 7.48. The van der Waals surface area contributed by atoms with E-state index in [4.69, 9.17) is 11.6 Å². The summed E-state index contributed by atoms with van der Waals surface area (Å²) in [6, 6.07) is 7.26. The molecule has 0 aliphatic rings. The molecule has 1 aromatic carbocycles. The molecule has 2 atom stereocenters. The van der Waals surface area contributed by atoms with Crippen LogP contribution in [0.5, 0.6) is 0 Å². The minimum absolute atomic E-state index is 0.0676. The maximum Gasteiger partial charge on any atom is 0.275 e. The lowest BCUT2D eigenvalue weighted by atomic mass is 10.1. The number of carbonyl (C=O) groups is 2. The van der Waals surface area contributed by atoms with Crippen molar-refractivity contribution in [3.05, 3.63) is 34.9 Å². The molecule has 0 bridgehead atoms.